The Balaban J connectivity index is 1.92. The minimum atomic E-state index is -0.261. The lowest BCUT2D eigenvalue weighted by molar-refractivity contribution is 0.0526. The molecule has 2 aromatic carbocycles. The van der Waals surface area contributed by atoms with Gasteiger partial charge in [0.25, 0.3) is 0 Å². The molecule has 0 heterocycles. The normalized spacial score (nSPS) is 20.5. The van der Waals surface area contributed by atoms with Gasteiger partial charge in [-0.1, -0.05) is 75.7 Å². The number of fused-ring (bicyclic) bond motifs is 1. The average molecular weight is 391 g/mol. The van der Waals surface area contributed by atoms with E-state index in [9.17, 15) is 4.79 Å². The predicted molar refractivity (Wildman–Crippen MR) is 121 cm³/mol. The number of allylic oxidation sites excluding steroid dienone is 1. The van der Waals surface area contributed by atoms with Crippen LogP contribution in [0.4, 0.5) is 0 Å². The maximum Gasteiger partial charge on any atom is 0.338 e. The Morgan fingerprint density at radius 3 is 2.28 bits per heavy atom. The number of ether oxygens (including phenoxy) is 1. The third-order valence-corrected chi connectivity index (χ3v) is 6.65. The molecule has 0 aromatic heterocycles. The summed E-state index contributed by atoms with van der Waals surface area (Å²) in [5.74, 6) is 0.207. The molecule has 0 aliphatic heterocycles. The highest BCUT2D eigenvalue weighted by molar-refractivity contribution is 5.89. The molecule has 0 spiro atoms. The fraction of sp³-hybridized carbons (Fsp3) is 0.444. The third kappa shape index (κ3) is 4.32. The number of benzene rings is 2. The SMILES string of the molecule is CCOC(=O)c1ccc(C=C(C)C2CCC(C)(C)c3ccccc3C2(C)C)cc1. The largest absolute Gasteiger partial charge is 0.462 e. The minimum absolute atomic E-state index is 0.0653. The van der Waals surface area contributed by atoms with Gasteiger partial charge in [0.2, 0.25) is 0 Å². The topological polar surface area (TPSA) is 26.3 Å². The maximum atomic E-state index is 11.9. The molecule has 2 nitrogen and oxygen atoms in total. The van der Waals surface area contributed by atoms with Gasteiger partial charge in [-0.15, -0.1) is 0 Å². The zero-order valence-corrected chi connectivity index (χ0v) is 18.7. The number of rotatable bonds is 4. The van der Waals surface area contributed by atoms with Gasteiger partial charge in [-0.3, -0.25) is 0 Å². The molecule has 0 radical (unpaired) electrons. The Kier molecular flexibility index (Phi) is 6.03. The molecule has 29 heavy (non-hydrogen) atoms. The summed E-state index contributed by atoms with van der Waals surface area (Å²) in [6, 6.07) is 16.7. The number of carbonyl (C=O) groups is 1. The second-order valence-corrected chi connectivity index (χ2v) is 9.47. The summed E-state index contributed by atoms with van der Waals surface area (Å²) in [4.78, 5) is 11.9. The average Bonchev–Trinajstić information content (AvgIpc) is 2.76. The van der Waals surface area contributed by atoms with Crippen molar-refractivity contribution in [2.24, 2.45) is 5.92 Å². The first kappa shape index (κ1) is 21.4. The summed E-state index contributed by atoms with van der Waals surface area (Å²) in [5.41, 5.74) is 6.33. The van der Waals surface area contributed by atoms with Gasteiger partial charge in [-0.2, -0.15) is 0 Å². The van der Waals surface area contributed by atoms with Crippen molar-refractivity contribution in [3.05, 3.63) is 76.4 Å². The van der Waals surface area contributed by atoms with Crippen molar-refractivity contribution in [1.29, 1.82) is 0 Å². The summed E-state index contributed by atoms with van der Waals surface area (Å²) in [5, 5.41) is 0. The van der Waals surface area contributed by atoms with Crippen LogP contribution in [0.25, 0.3) is 6.08 Å². The van der Waals surface area contributed by atoms with Crippen molar-refractivity contribution in [1.82, 2.24) is 0 Å². The van der Waals surface area contributed by atoms with E-state index in [-0.39, 0.29) is 16.8 Å². The van der Waals surface area contributed by atoms with Crippen LogP contribution in [0.2, 0.25) is 0 Å². The monoisotopic (exact) mass is 390 g/mol. The smallest absolute Gasteiger partial charge is 0.338 e. The lowest BCUT2D eigenvalue weighted by Crippen LogP contribution is -2.29. The Labute approximate surface area is 176 Å². The maximum absolute atomic E-state index is 11.9. The van der Waals surface area contributed by atoms with E-state index < -0.39 is 0 Å². The molecule has 1 atom stereocenters. The molecule has 1 unspecified atom stereocenters. The fourth-order valence-corrected chi connectivity index (χ4v) is 4.91. The Morgan fingerprint density at radius 2 is 1.66 bits per heavy atom. The highest BCUT2D eigenvalue weighted by Crippen LogP contribution is 2.48. The van der Waals surface area contributed by atoms with Gasteiger partial charge >= 0.3 is 5.97 Å². The van der Waals surface area contributed by atoms with Crippen LogP contribution < -0.4 is 0 Å². The highest BCUT2D eigenvalue weighted by atomic mass is 16.5. The van der Waals surface area contributed by atoms with E-state index >= 15 is 0 Å². The van der Waals surface area contributed by atoms with E-state index in [1.165, 1.54) is 23.1 Å². The lowest BCUT2D eigenvalue weighted by Gasteiger charge is -2.36. The molecule has 0 bridgehead atoms. The number of hydrogen-bond donors (Lipinski definition) is 0. The molecule has 3 rings (SSSR count). The molecular weight excluding hydrogens is 356 g/mol. The lowest BCUT2D eigenvalue weighted by atomic mass is 9.68. The fourth-order valence-electron chi connectivity index (χ4n) is 4.91. The van der Waals surface area contributed by atoms with E-state index in [0.29, 0.717) is 18.1 Å². The molecule has 0 saturated heterocycles. The number of esters is 1. The molecule has 1 aliphatic carbocycles. The van der Waals surface area contributed by atoms with Crippen LogP contribution in [0.5, 0.6) is 0 Å². The predicted octanol–water partition coefficient (Wildman–Crippen LogP) is 6.93. The van der Waals surface area contributed by atoms with Crippen LogP contribution in [0.1, 0.15) is 81.4 Å². The van der Waals surface area contributed by atoms with Gasteiger partial charge in [0, 0.05) is 0 Å². The molecule has 0 fully saturated rings. The molecule has 2 aromatic rings. The Morgan fingerprint density at radius 1 is 1.03 bits per heavy atom. The van der Waals surface area contributed by atoms with Crippen LogP contribution in [-0.4, -0.2) is 12.6 Å². The first-order valence-corrected chi connectivity index (χ1v) is 10.7. The van der Waals surface area contributed by atoms with Crippen molar-refractivity contribution >= 4 is 12.0 Å². The van der Waals surface area contributed by atoms with Gasteiger partial charge in [0.1, 0.15) is 0 Å². The van der Waals surface area contributed by atoms with Crippen molar-refractivity contribution in [3.8, 4) is 0 Å². The van der Waals surface area contributed by atoms with Crippen LogP contribution in [0.3, 0.4) is 0 Å². The molecule has 0 saturated carbocycles. The second kappa shape index (κ2) is 8.18. The van der Waals surface area contributed by atoms with Crippen LogP contribution in [0, 0.1) is 5.92 Å². The Hall–Kier alpha value is -2.35. The standard InChI is InChI=1S/C27H34O2/c1-7-29-25(28)21-14-12-20(13-15-21)18-19(2)22-16-17-26(3,4)23-10-8-9-11-24(23)27(22,5)6/h8-15,18,22H,7,16-17H2,1-6H3. The van der Waals surface area contributed by atoms with Crippen LogP contribution in [-0.2, 0) is 15.6 Å². The number of carbonyl (C=O) groups excluding carboxylic acids is 1. The van der Waals surface area contributed by atoms with Crippen LogP contribution in [0.15, 0.2) is 54.1 Å². The Bertz CT molecular complexity index is 900. The van der Waals surface area contributed by atoms with E-state index in [1.807, 2.05) is 31.2 Å². The van der Waals surface area contributed by atoms with Crippen LogP contribution >= 0.6 is 0 Å². The van der Waals surface area contributed by atoms with Gasteiger partial charge in [0.15, 0.2) is 0 Å². The van der Waals surface area contributed by atoms with Gasteiger partial charge in [-0.05, 0) is 72.3 Å². The summed E-state index contributed by atoms with van der Waals surface area (Å²) in [7, 11) is 0. The van der Waals surface area contributed by atoms with E-state index in [2.05, 4.69) is 65.0 Å². The minimum Gasteiger partial charge on any atom is -0.462 e. The first-order chi connectivity index (χ1) is 13.7. The molecule has 154 valence electrons. The molecule has 0 N–H and O–H groups in total. The van der Waals surface area contributed by atoms with Gasteiger partial charge in [0.05, 0.1) is 12.2 Å². The zero-order valence-electron chi connectivity index (χ0n) is 18.7. The van der Waals surface area contributed by atoms with Gasteiger partial charge in [-0.25, -0.2) is 4.79 Å². The summed E-state index contributed by atoms with van der Waals surface area (Å²) >= 11 is 0. The van der Waals surface area contributed by atoms with Crippen molar-refractivity contribution in [3.63, 3.8) is 0 Å². The van der Waals surface area contributed by atoms with Crippen molar-refractivity contribution < 1.29 is 9.53 Å². The summed E-state index contributed by atoms with van der Waals surface area (Å²) in [6.45, 7) is 14.0. The quantitative estimate of drug-likeness (QED) is 0.418. The van der Waals surface area contributed by atoms with Crippen molar-refractivity contribution in [2.75, 3.05) is 6.61 Å². The van der Waals surface area contributed by atoms with E-state index in [0.717, 1.165) is 12.0 Å². The molecular formula is C27H34O2. The van der Waals surface area contributed by atoms with E-state index in [1.54, 1.807) is 0 Å². The van der Waals surface area contributed by atoms with Crippen molar-refractivity contribution in [2.45, 2.75) is 65.2 Å². The zero-order chi connectivity index (χ0) is 21.2. The first-order valence-electron chi connectivity index (χ1n) is 10.7. The highest BCUT2D eigenvalue weighted by Gasteiger charge is 2.40. The summed E-state index contributed by atoms with van der Waals surface area (Å²) in [6.07, 6.45) is 4.62. The molecule has 2 heteroatoms. The van der Waals surface area contributed by atoms with Gasteiger partial charge < -0.3 is 4.74 Å². The third-order valence-electron chi connectivity index (χ3n) is 6.65. The summed E-state index contributed by atoms with van der Waals surface area (Å²) < 4.78 is 5.08. The number of hydrogen-bond acceptors (Lipinski definition) is 2. The molecule has 0 amide bonds. The molecule has 1 aliphatic rings. The van der Waals surface area contributed by atoms with E-state index in [4.69, 9.17) is 4.74 Å². The second-order valence-electron chi connectivity index (χ2n) is 9.47.